The number of nitrogens with one attached hydrogen (secondary N) is 1. The third-order valence-electron chi connectivity index (χ3n) is 6.04. The van der Waals surface area contributed by atoms with Gasteiger partial charge in [-0.3, -0.25) is 4.79 Å². The van der Waals surface area contributed by atoms with Gasteiger partial charge in [0, 0.05) is 28.7 Å². The average molecular weight is 397 g/mol. The molecule has 1 aromatic carbocycles. The van der Waals surface area contributed by atoms with Crippen LogP contribution in [0, 0.1) is 5.41 Å². The summed E-state index contributed by atoms with van der Waals surface area (Å²) in [6, 6.07) is 6.09. The van der Waals surface area contributed by atoms with E-state index in [1.165, 1.54) is 22.2 Å². The Morgan fingerprint density at radius 1 is 1.38 bits per heavy atom. The number of hydrogen-bond acceptors (Lipinski definition) is 3. The van der Waals surface area contributed by atoms with E-state index in [1.807, 2.05) is 13.0 Å². The van der Waals surface area contributed by atoms with Crippen molar-refractivity contribution in [3.05, 3.63) is 34.5 Å². The molecule has 2 aliphatic rings. The van der Waals surface area contributed by atoms with Gasteiger partial charge in [-0.05, 0) is 56.5 Å². The van der Waals surface area contributed by atoms with Crippen LogP contribution in [0.5, 0.6) is 0 Å². The Labute approximate surface area is 165 Å². The van der Waals surface area contributed by atoms with Crippen LogP contribution >= 0.6 is 24.0 Å². The zero-order valence-electron chi connectivity index (χ0n) is 15.3. The summed E-state index contributed by atoms with van der Waals surface area (Å²) < 4.78 is 7.77. The maximum atomic E-state index is 13.0. The summed E-state index contributed by atoms with van der Waals surface area (Å²) in [5.74, 6) is -0.0406. The van der Waals surface area contributed by atoms with E-state index in [9.17, 15) is 4.79 Å². The Morgan fingerprint density at radius 3 is 2.81 bits per heavy atom. The number of nitrogens with zero attached hydrogens (tertiary/aromatic N) is 1. The van der Waals surface area contributed by atoms with E-state index < -0.39 is 5.41 Å². The molecule has 0 radical (unpaired) electrons. The molecule has 1 fully saturated rings. The monoisotopic (exact) mass is 396 g/mol. The van der Waals surface area contributed by atoms with Crippen LogP contribution in [0.25, 0.3) is 10.9 Å². The van der Waals surface area contributed by atoms with Gasteiger partial charge in [0.15, 0.2) is 0 Å². The van der Waals surface area contributed by atoms with Crippen LogP contribution in [0.2, 0.25) is 5.02 Å². The number of rotatable bonds is 3. The SMILES string of the molecule is CCOC(=O)C1(C2NCCc3c2n(C)c2ccc(Cl)cc32)CCCC1.Cl. The number of carbonyl (C=O) groups is 1. The molecule has 0 amide bonds. The van der Waals surface area contributed by atoms with E-state index in [2.05, 4.69) is 29.1 Å². The molecule has 142 valence electrons. The minimum Gasteiger partial charge on any atom is -0.466 e. The molecule has 0 saturated heterocycles. The van der Waals surface area contributed by atoms with Crippen molar-refractivity contribution in [2.24, 2.45) is 12.5 Å². The fraction of sp³-hybridized carbons (Fsp3) is 0.550. The first-order valence-electron chi connectivity index (χ1n) is 9.26. The van der Waals surface area contributed by atoms with Gasteiger partial charge >= 0.3 is 5.97 Å². The molecule has 1 atom stereocenters. The van der Waals surface area contributed by atoms with Crippen molar-refractivity contribution in [3.8, 4) is 0 Å². The third kappa shape index (κ3) is 2.83. The summed E-state index contributed by atoms with van der Waals surface area (Å²) in [4.78, 5) is 13.0. The first kappa shape index (κ1) is 19.5. The van der Waals surface area contributed by atoms with Gasteiger partial charge in [0.05, 0.1) is 18.1 Å². The molecule has 1 saturated carbocycles. The Bertz CT molecular complexity index is 825. The zero-order valence-corrected chi connectivity index (χ0v) is 16.9. The first-order valence-corrected chi connectivity index (χ1v) is 9.63. The van der Waals surface area contributed by atoms with E-state index in [4.69, 9.17) is 16.3 Å². The normalized spacial score (nSPS) is 21.3. The molecule has 1 aromatic heterocycles. The van der Waals surface area contributed by atoms with E-state index in [-0.39, 0.29) is 24.4 Å². The van der Waals surface area contributed by atoms with Gasteiger partial charge in [0.25, 0.3) is 0 Å². The maximum Gasteiger partial charge on any atom is 0.314 e. The van der Waals surface area contributed by atoms with Gasteiger partial charge in [0.1, 0.15) is 0 Å². The predicted molar refractivity (Wildman–Crippen MR) is 107 cm³/mol. The summed E-state index contributed by atoms with van der Waals surface area (Å²) >= 11 is 6.25. The number of carbonyl (C=O) groups excluding carboxylic acids is 1. The first-order chi connectivity index (χ1) is 12.1. The van der Waals surface area contributed by atoms with Crippen LogP contribution < -0.4 is 5.32 Å². The molecule has 4 nitrogen and oxygen atoms in total. The van der Waals surface area contributed by atoms with Crippen molar-refractivity contribution >= 4 is 40.9 Å². The lowest BCUT2D eigenvalue weighted by Gasteiger charge is -2.39. The Morgan fingerprint density at radius 2 is 2.12 bits per heavy atom. The summed E-state index contributed by atoms with van der Waals surface area (Å²) in [6.45, 7) is 3.20. The Kier molecular flexibility index (Phi) is 5.57. The standard InChI is InChI=1S/C20H25ClN2O2.ClH/c1-3-25-19(24)20(9-4-5-10-20)18-17-14(8-11-22-18)15-12-13(21)6-7-16(15)23(17)2;/h6-7,12,18,22H,3-5,8-11H2,1-2H3;1H. The number of halogens is 2. The third-order valence-corrected chi connectivity index (χ3v) is 6.28. The van der Waals surface area contributed by atoms with Gasteiger partial charge in [0.2, 0.25) is 0 Å². The van der Waals surface area contributed by atoms with Crippen LogP contribution in [0.15, 0.2) is 18.2 Å². The zero-order chi connectivity index (χ0) is 17.6. The fourth-order valence-corrected chi connectivity index (χ4v) is 5.10. The van der Waals surface area contributed by atoms with Crippen LogP contribution in [-0.2, 0) is 23.0 Å². The number of aryl methyl sites for hydroxylation is 1. The molecule has 2 heterocycles. The van der Waals surface area contributed by atoms with E-state index in [0.717, 1.165) is 43.7 Å². The van der Waals surface area contributed by atoms with E-state index >= 15 is 0 Å². The lowest BCUT2D eigenvalue weighted by Crippen LogP contribution is -2.46. The second kappa shape index (κ2) is 7.41. The second-order valence-electron chi connectivity index (χ2n) is 7.31. The van der Waals surface area contributed by atoms with Crippen molar-refractivity contribution in [3.63, 3.8) is 0 Å². The topological polar surface area (TPSA) is 43.3 Å². The molecule has 26 heavy (non-hydrogen) atoms. The molecular weight excluding hydrogens is 371 g/mol. The number of aromatic nitrogens is 1. The highest BCUT2D eigenvalue weighted by atomic mass is 35.5. The summed E-state index contributed by atoms with van der Waals surface area (Å²) in [5.41, 5.74) is 3.30. The van der Waals surface area contributed by atoms with E-state index in [1.54, 1.807) is 0 Å². The van der Waals surface area contributed by atoms with E-state index in [0.29, 0.717) is 6.61 Å². The maximum absolute atomic E-state index is 13.0. The van der Waals surface area contributed by atoms with Crippen LogP contribution in [0.1, 0.15) is 49.9 Å². The van der Waals surface area contributed by atoms with Gasteiger partial charge in [-0.1, -0.05) is 24.4 Å². The quantitative estimate of drug-likeness (QED) is 0.772. The minimum atomic E-state index is -0.447. The minimum absolute atomic E-state index is 0. The summed E-state index contributed by atoms with van der Waals surface area (Å²) in [5, 5.41) is 5.64. The van der Waals surface area contributed by atoms with Crippen molar-refractivity contribution in [1.82, 2.24) is 9.88 Å². The highest BCUT2D eigenvalue weighted by molar-refractivity contribution is 6.31. The van der Waals surface area contributed by atoms with Crippen LogP contribution in [-0.4, -0.2) is 23.7 Å². The molecule has 2 aromatic rings. The largest absolute Gasteiger partial charge is 0.466 e. The van der Waals surface area contributed by atoms with Crippen molar-refractivity contribution < 1.29 is 9.53 Å². The number of ether oxygens (including phenoxy) is 1. The smallest absolute Gasteiger partial charge is 0.314 e. The Hall–Kier alpha value is -1.23. The van der Waals surface area contributed by atoms with Crippen molar-refractivity contribution in [1.29, 1.82) is 0 Å². The van der Waals surface area contributed by atoms with Crippen LogP contribution in [0.4, 0.5) is 0 Å². The van der Waals surface area contributed by atoms with Gasteiger partial charge in [-0.25, -0.2) is 0 Å². The molecule has 1 aliphatic heterocycles. The highest BCUT2D eigenvalue weighted by Gasteiger charge is 2.51. The predicted octanol–water partition coefficient (Wildman–Crippen LogP) is 4.56. The second-order valence-corrected chi connectivity index (χ2v) is 7.74. The molecule has 1 unspecified atom stereocenters. The van der Waals surface area contributed by atoms with Gasteiger partial charge in [-0.15, -0.1) is 12.4 Å². The summed E-state index contributed by atoms with van der Waals surface area (Å²) in [6.07, 6.45) is 4.92. The number of benzene rings is 1. The van der Waals surface area contributed by atoms with Crippen molar-refractivity contribution in [2.75, 3.05) is 13.2 Å². The molecule has 0 bridgehead atoms. The highest BCUT2D eigenvalue weighted by Crippen LogP contribution is 2.51. The average Bonchev–Trinajstić information content (AvgIpc) is 3.20. The van der Waals surface area contributed by atoms with Gasteiger partial charge in [-0.2, -0.15) is 0 Å². The Balaban J connectivity index is 0.00000196. The molecule has 1 N–H and O–H groups in total. The molecular formula is C20H26Cl2N2O2. The number of hydrogen-bond donors (Lipinski definition) is 1. The summed E-state index contributed by atoms with van der Waals surface area (Å²) in [7, 11) is 2.10. The van der Waals surface area contributed by atoms with Gasteiger partial charge < -0.3 is 14.6 Å². The number of esters is 1. The number of fused-ring (bicyclic) bond motifs is 3. The van der Waals surface area contributed by atoms with Crippen molar-refractivity contribution in [2.45, 2.75) is 45.1 Å². The molecule has 1 aliphatic carbocycles. The molecule has 6 heteroatoms. The lowest BCUT2D eigenvalue weighted by molar-refractivity contribution is -0.157. The molecule has 4 rings (SSSR count). The molecule has 0 spiro atoms. The fourth-order valence-electron chi connectivity index (χ4n) is 4.93. The lowest BCUT2D eigenvalue weighted by atomic mass is 9.74. The van der Waals surface area contributed by atoms with Crippen LogP contribution in [0.3, 0.4) is 0 Å².